The first-order chi connectivity index (χ1) is 16.0. The van der Waals surface area contributed by atoms with E-state index < -0.39 is 28.0 Å². The van der Waals surface area contributed by atoms with Crippen molar-refractivity contribution in [3.63, 3.8) is 0 Å². The molecule has 7 nitrogen and oxygen atoms in total. The van der Waals surface area contributed by atoms with Gasteiger partial charge in [-0.25, -0.2) is 4.79 Å². The molecule has 0 N–H and O–H groups in total. The average molecular weight is 513 g/mol. The van der Waals surface area contributed by atoms with Crippen LogP contribution < -0.4 is 16.0 Å². The number of fused-ring (bicyclic) bond motifs is 1. The van der Waals surface area contributed by atoms with E-state index in [2.05, 4.69) is 4.98 Å². The van der Waals surface area contributed by atoms with Crippen molar-refractivity contribution in [2.75, 3.05) is 0 Å². The van der Waals surface area contributed by atoms with Crippen LogP contribution >= 0.6 is 23.2 Å². The summed E-state index contributed by atoms with van der Waals surface area (Å²) in [7, 11) is 1.45. The molecule has 0 bridgehead atoms. The molecule has 4 rings (SSSR count). The molecule has 0 aliphatic heterocycles. The molecule has 0 fully saturated rings. The molecule has 34 heavy (non-hydrogen) atoms. The van der Waals surface area contributed by atoms with E-state index in [1.54, 1.807) is 31.2 Å². The average Bonchev–Trinajstić information content (AvgIpc) is 3.13. The van der Waals surface area contributed by atoms with Gasteiger partial charge >= 0.3 is 17.9 Å². The van der Waals surface area contributed by atoms with E-state index in [1.165, 1.54) is 22.2 Å². The van der Waals surface area contributed by atoms with E-state index in [-0.39, 0.29) is 36.0 Å². The quantitative estimate of drug-likeness (QED) is 0.373. The summed E-state index contributed by atoms with van der Waals surface area (Å²) in [4.78, 5) is 30.0. The van der Waals surface area contributed by atoms with Crippen molar-refractivity contribution in [1.29, 1.82) is 0 Å². The lowest BCUT2D eigenvalue weighted by Crippen LogP contribution is -2.39. The summed E-state index contributed by atoms with van der Waals surface area (Å²) in [5, 5.41) is 0.0232. The summed E-state index contributed by atoms with van der Waals surface area (Å²) in [5.74, 6) is -0.190. The maximum Gasteiger partial charge on any atom is 0.417 e. The Morgan fingerprint density at radius 3 is 2.32 bits per heavy atom. The lowest BCUT2D eigenvalue weighted by atomic mass is 10.2. The molecule has 2 aromatic heterocycles. The van der Waals surface area contributed by atoms with Crippen LogP contribution in [0.15, 0.2) is 52.1 Å². The number of alkyl halides is 3. The number of imidazole rings is 1. The highest BCUT2D eigenvalue weighted by Crippen LogP contribution is 2.38. The zero-order valence-electron chi connectivity index (χ0n) is 17.9. The molecule has 0 aliphatic carbocycles. The van der Waals surface area contributed by atoms with E-state index in [4.69, 9.17) is 27.9 Å². The van der Waals surface area contributed by atoms with Gasteiger partial charge in [0.2, 0.25) is 0 Å². The number of nitrogens with zero attached hydrogens (tertiary/aromatic N) is 4. The summed E-state index contributed by atoms with van der Waals surface area (Å²) < 4.78 is 49.3. The number of benzene rings is 2. The van der Waals surface area contributed by atoms with Gasteiger partial charge in [0.25, 0.3) is 5.56 Å². The molecular weight excluding hydrogens is 496 g/mol. The zero-order valence-corrected chi connectivity index (χ0v) is 19.4. The number of aryl methyl sites for hydroxylation is 1. The molecule has 0 spiro atoms. The monoisotopic (exact) mass is 512 g/mol. The van der Waals surface area contributed by atoms with Crippen LogP contribution in [0, 0.1) is 0 Å². The molecule has 178 valence electrons. The smallest absolute Gasteiger partial charge is 0.417 e. The van der Waals surface area contributed by atoms with E-state index in [9.17, 15) is 22.8 Å². The van der Waals surface area contributed by atoms with Gasteiger partial charge in [-0.05, 0) is 42.8 Å². The fraction of sp³-hybridized carbons (Fsp3) is 0.227. The van der Waals surface area contributed by atoms with Crippen LogP contribution in [0.1, 0.15) is 18.1 Å². The van der Waals surface area contributed by atoms with Crippen molar-refractivity contribution in [2.24, 2.45) is 7.05 Å². The van der Waals surface area contributed by atoms with Gasteiger partial charge in [0, 0.05) is 18.6 Å². The predicted molar refractivity (Wildman–Crippen MR) is 122 cm³/mol. The van der Waals surface area contributed by atoms with Gasteiger partial charge in [-0.15, -0.1) is 0 Å². The van der Waals surface area contributed by atoms with Crippen LogP contribution in [0.5, 0.6) is 11.8 Å². The Kier molecular flexibility index (Phi) is 6.22. The van der Waals surface area contributed by atoms with Crippen LogP contribution in [0.2, 0.25) is 10.0 Å². The third kappa shape index (κ3) is 4.30. The van der Waals surface area contributed by atoms with Crippen molar-refractivity contribution < 1.29 is 17.9 Å². The molecule has 0 radical (unpaired) electrons. The van der Waals surface area contributed by atoms with Gasteiger partial charge < -0.3 is 4.74 Å². The van der Waals surface area contributed by atoms with Gasteiger partial charge in [0.1, 0.15) is 5.75 Å². The Bertz CT molecular complexity index is 1510. The van der Waals surface area contributed by atoms with Gasteiger partial charge in [-0.1, -0.05) is 35.3 Å². The first-order valence-corrected chi connectivity index (χ1v) is 10.8. The largest absolute Gasteiger partial charge is 0.425 e. The Labute approximate surface area is 200 Å². The fourth-order valence-corrected chi connectivity index (χ4v) is 3.87. The van der Waals surface area contributed by atoms with Crippen LogP contribution in [0.4, 0.5) is 13.2 Å². The summed E-state index contributed by atoms with van der Waals surface area (Å²) in [6.07, 6.45) is -4.70. The van der Waals surface area contributed by atoms with Crippen LogP contribution in [0.25, 0.3) is 11.2 Å². The van der Waals surface area contributed by atoms with E-state index >= 15 is 0 Å². The molecule has 0 unspecified atom stereocenters. The molecule has 0 atom stereocenters. The minimum absolute atomic E-state index is 0.0358. The third-order valence-electron chi connectivity index (χ3n) is 5.22. The second-order valence-corrected chi connectivity index (χ2v) is 8.26. The Balaban J connectivity index is 1.93. The van der Waals surface area contributed by atoms with Crippen LogP contribution in [0.3, 0.4) is 0 Å². The molecule has 12 heteroatoms. The van der Waals surface area contributed by atoms with Crippen LogP contribution in [-0.4, -0.2) is 18.7 Å². The van der Waals surface area contributed by atoms with Gasteiger partial charge in [-0.2, -0.15) is 18.2 Å². The minimum Gasteiger partial charge on any atom is -0.425 e. The molecule has 0 amide bonds. The van der Waals surface area contributed by atoms with Crippen molar-refractivity contribution in [1.82, 2.24) is 18.7 Å². The molecule has 4 aromatic rings. The fourth-order valence-electron chi connectivity index (χ4n) is 3.52. The number of hydrogen-bond donors (Lipinski definition) is 0. The highest BCUT2D eigenvalue weighted by Gasteiger charge is 2.34. The van der Waals surface area contributed by atoms with Gasteiger partial charge in [0.05, 0.1) is 17.1 Å². The third-order valence-corrected chi connectivity index (χ3v) is 5.80. The molecule has 0 saturated heterocycles. The summed E-state index contributed by atoms with van der Waals surface area (Å²) >= 11 is 11.7. The standard InChI is InChI=1S/C22H17Cl2F3N4O3/c1-3-30-19(32)17-18(29(2)21(30)33)28-20(31(17)11-12-4-6-13(23)7-5-12)34-14-8-9-16(24)15(10-14)22(25,26)27/h4-10H,3,11H2,1-2H3. The minimum atomic E-state index is -4.70. The maximum absolute atomic E-state index is 13.3. The van der Waals surface area contributed by atoms with Crippen molar-refractivity contribution in [2.45, 2.75) is 26.2 Å². The highest BCUT2D eigenvalue weighted by atomic mass is 35.5. The Hall–Kier alpha value is -3.24. The van der Waals surface area contributed by atoms with Gasteiger partial charge in [0.15, 0.2) is 11.2 Å². The molecule has 2 aromatic carbocycles. The highest BCUT2D eigenvalue weighted by molar-refractivity contribution is 6.31. The number of hydrogen-bond acceptors (Lipinski definition) is 4. The topological polar surface area (TPSA) is 71.1 Å². The first-order valence-electron chi connectivity index (χ1n) is 10.00. The predicted octanol–water partition coefficient (Wildman–Crippen LogP) is 5.08. The number of rotatable bonds is 5. The van der Waals surface area contributed by atoms with E-state index in [0.29, 0.717) is 5.02 Å². The SMILES string of the molecule is CCn1c(=O)c2c(nc(Oc3ccc(Cl)c(C(F)(F)F)c3)n2Cc2ccc(Cl)cc2)n(C)c1=O. The normalized spacial score (nSPS) is 11.9. The molecule has 0 saturated carbocycles. The van der Waals surface area contributed by atoms with Crippen molar-refractivity contribution in [3.8, 4) is 11.8 Å². The van der Waals surface area contributed by atoms with Crippen molar-refractivity contribution in [3.05, 3.63) is 84.5 Å². The summed E-state index contributed by atoms with van der Waals surface area (Å²) in [5.41, 5.74) is -1.42. The zero-order chi connectivity index (χ0) is 24.8. The van der Waals surface area contributed by atoms with E-state index in [0.717, 1.165) is 22.3 Å². The molecular formula is C22H17Cl2F3N4O3. The van der Waals surface area contributed by atoms with Crippen LogP contribution in [-0.2, 0) is 26.3 Å². The second kappa shape index (κ2) is 8.84. The van der Waals surface area contributed by atoms with E-state index in [1.807, 2.05) is 0 Å². The molecule has 0 aliphatic rings. The lowest BCUT2D eigenvalue weighted by molar-refractivity contribution is -0.137. The number of ether oxygens (including phenoxy) is 1. The number of aromatic nitrogens is 4. The first kappa shape index (κ1) is 23.9. The Morgan fingerprint density at radius 2 is 1.71 bits per heavy atom. The van der Waals surface area contributed by atoms with Crippen molar-refractivity contribution >= 4 is 34.4 Å². The Morgan fingerprint density at radius 1 is 1.03 bits per heavy atom. The maximum atomic E-state index is 13.3. The summed E-state index contributed by atoms with van der Waals surface area (Å²) in [6.45, 7) is 1.86. The lowest BCUT2D eigenvalue weighted by Gasteiger charge is -2.13. The molecule has 2 heterocycles. The summed E-state index contributed by atoms with van der Waals surface area (Å²) in [6, 6.07) is 9.67. The second-order valence-electron chi connectivity index (χ2n) is 7.41. The van der Waals surface area contributed by atoms with Gasteiger partial charge in [-0.3, -0.25) is 18.5 Å². The number of halogens is 5.